The Bertz CT molecular complexity index is 1470. The summed E-state index contributed by atoms with van der Waals surface area (Å²) in [6, 6.07) is 19.8. The lowest BCUT2D eigenvalue weighted by Crippen LogP contribution is -2.17. The molecule has 4 aromatic rings. The fourth-order valence-corrected chi connectivity index (χ4v) is 4.51. The van der Waals surface area contributed by atoms with Crippen LogP contribution >= 0.6 is 27.5 Å². The molecule has 10 heteroatoms. The number of aromatic nitrogens is 2. The van der Waals surface area contributed by atoms with E-state index in [2.05, 4.69) is 30.7 Å². The van der Waals surface area contributed by atoms with E-state index in [-0.39, 0.29) is 10.5 Å². The van der Waals surface area contributed by atoms with Gasteiger partial charge < -0.3 is 0 Å². The average molecular weight is 546 g/mol. The van der Waals surface area contributed by atoms with E-state index in [1.54, 1.807) is 67.6 Å². The number of halogens is 2. The second kappa shape index (κ2) is 9.38. The molecule has 0 spiro atoms. The third-order valence-electron chi connectivity index (χ3n) is 4.79. The van der Waals surface area contributed by atoms with Crippen molar-refractivity contribution in [3.63, 3.8) is 0 Å². The second-order valence-corrected chi connectivity index (χ2v) is 10.2. The first-order valence-corrected chi connectivity index (χ1v) is 12.4. The van der Waals surface area contributed by atoms with Crippen molar-refractivity contribution in [3.05, 3.63) is 104 Å². The van der Waals surface area contributed by atoms with Crippen LogP contribution in [-0.4, -0.2) is 24.4 Å². The topological polar surface area (TPSA) is 96.3 Å². The van der Waals surface area contributed by atoms with Crippen molar-refractivity contribution < 1.29 is 8.42 Å². The van der Waals surface area contributed by atoms with Gasteiger partial charge in [-0.15, -0.1) is 0 Å². The summed E-state index contributed by atoms with van der Waals surface area (Å²) < 4.78 is 30.0. The highest BCUT2D eigenvalue weighted by Gasteiger charge is 2.14. The number of aryl methyl sites for hydroxylation is 1. The number of aliphatic imine (C=N–C) groups is 1. The van der Waals surface area contributed by atoms with Crippen LogP contribution in [0.5, 0.6) is 0 Å². The van der Waals surface area contributed by atoms with Gasteiger partial charge in [0.25, 0.3) is 15.6 Å². The van der Waals surface area contributed by atoms with Crippen LogP contribution in [0, 0.1) is 6.92 Å². The van der Waals surface area contributed by atoms with Crippen LogP contribution in [0.1, 0.15) is 11.3 Å². The molecular weight excluding hydrogens is 528 g/mol. The van der Waals surface area contributed by atoms with E-state index in [1.165, 1.54) is 23.0 Å². The SMILES string of the molecule is Cc1[nH]n(-c2ccc(Cl)cc2)c(=O)c1C=Nc1ccc(S(=O)(=O)Nc2ccc(Br)cc2)cc1. The molecule has 0 fully saturated rings. The molecule has 3 aromatic carbocycles. The largest absolute Gasteiger partial charge is 0.295 e. The number of nitrogens with zero attached hydrogens (tertiary/aromatic N) is 2. The van der Waals surface area contributed by atoms with Gasteiger partial charge in [-0.3, -0.25) is 19.6 Å². The van der Waals surface area contributed by atoms with Gasteiger partial charge in [-0.2, -0.15) is 0 Å². The first-order chi connectivity index (χ1) is 15.7. The summed E-state index contributed by atoms with van der Waals surface area (Å²) in [5.41, 5.74) is 2.42. The van der Waals surface area contributed by atoms with E-state index in [9.17, 15) is 13.2 Å². The lowest BCUT2D eigenvalue weighted by Gasteiger charge is -2.08. The molecule has 0 saturated heterocycles. The van der Waals surface area contributed by atoms with Crippen molar-refractivity contribution in [1.29, 1.82) is 0 Å². The van der Waals surface area contributed by atoms with E-state index in [4.69, 9.17) is 11.6 Å². The van der Waals surface area contributed by atoms with E-state index < -0.39 is 10.0 Å². The summed E-state index contributed by atoms with van der Waals surface area (Å²) in [6.07, 6.45) is 1.46. The maximum absolute atomic E-state index is 12.8. The van der Waals surface area contributed by atoms with Gasteiger partial charge in [0.05, 0.1) is 21.8 Å². The molecule has 0 aliphatic rings. The number of rotatable bonds is 6. The predicted molar refractivity (Wildman–Crippen MR) is 135 cm³/mol. The van der Waals surface area contributed by atoms with Gasteiger partial charge in [-0.25, -0.2) is 13.1 Å². The number of benzene rings is 3. The standard InChI is InChI=1S/C23H18BrClN4O3S/c1-15-22(23(30)29(27-15)20-10-4-17(25)5-11-20)14-26-18-8-12-21(13-9-18)33(31,32)28-19-6-2-16(24)3-7-19/h2-14,27-28H,1H3. The monoisotopic (exact) mass is 544 g/mol. The molecule has 0 bridgehead atoms. The minimum absolute atomic E-state index is 0.104. The lowest BCUT2D eigenvalue weighted by atomic mass is 10.2. The molecule has 0 saturated carbocycles. The Morgan fingerprint density at radius 1 is 1.00 bits per heavy atom. The molecule has 0 aliphatic carbocycles. The van der Waals surface area contributed by atoms with E-state index in [0.717, 1.165) is 4.47 Å². The Kier molecular flexibility index (Phi) is 6.55. The summed E-state index contributed by atoms with van der Waals surface area (Å²) in [7, 11) is -3.74. The zero-order valence-electron chi connectivity index (χ0n) is 17.3. The Balaban J connectivity index is 1.53. The quantitative estimate of drug-likeness (QED) is 0.316. The van der Waals surface area contributed by atoms with Crippen molar-refractivity contribution in [2.24, 2.45) is 4.99 Å². The molecule has 0 aliphatic heterocycles. The normalized spacial score (nSPS) is 11.7. The van der Waals surface area contributed by atoms with Crippen LogP contribution in [0.3, 0.4) is 0 Å². The van der Waals surface area contributed by atoms with Crippen molar-refractivity contribution in [2.75, 3.05) is 4.72 Å². The smallest absolute Gasteiger partial charge is 0.280 e. The Labute approximate surface area is 203 Å². The van der Waals surface area contributed by atoms with Gasteiger partial charge in [0.15, 0.2) is 0 Å². The predicted octanol–water partition coefficient (Wildman–Crippen LogP) is 5.44. The van der Waals surface area contributed by atoms with Gasteiger partial charge in [0.1, 0.15) is 0 Å². The maximum Gasteiger partial charge on any atom is 0.280 e. The minimum Gasteiger partial charge on any atom is -0.295 e. The van der Waals surface area contributed by atoms with Crippen LogP contribution in [0.2, 0.25) is 5.02 Å². The maximum atomic E-state index is 12.8. The lowest BCUT2D eigenvalue weighted by molar-refractivity contribution is 0.601. The zero-order chi connectivity index (χ0) is 23.6. The highest BCUT2D eigenvalue weighted by molar-refractivity contribution is 9.10. The van der Waals surface area contributed by atoms with Crippen molar-refractivity contribution in [3.8, 4) is 5.69 Å². The van der Waals surface area contributed by atoms with Crippen molar-refractivity contribution >= 4 is 55.1 Å². The van der Waals surface area contributed by atoms with E-state index in [1.807, 2.05) is 0 Å². The molecule has 33 heavy (non-hydrogen) atoms. The Morgan fingerprint density at radius 3 is 2.27 bits per heavy atom. The summed E-state index contributed by atoms with van der Waals surface area (Å²) in [5.74, 6) is 0. The number of hydrogen-bond donors (Lipinski definition) is 2. The zero-order valence-corrected chi connectivity index (χ0v) is 20.4. The molecular formula is C23H18BrClN4O3S. The van der Waals surface area contributed by atoms with Gasteiger partial charge in [0, 0.05) is 27.1 Å². The minimum atomic E-state index is -3.74. The van der Waals surface area contributed by atoms with E-state index >= 15 is 0 Å². The third kappa shape index (κ3) is 5.27. The third-order valence-corrected chi connectivity index (χ3v) is 6.97. The van der Waals surface area contributed by atoms with Gasteiger partial charge in [-0.05, 0) is 79.7 Å². The molecule has 168 valence electrons. The summed E-state index contributed by atoms with van der Waals surface area (Å²) in [5, 5.41) is 3.60. The first-order valence-electron chi connectivity index (χ1n) is 9.73. The number of anilines is 1. The van der Waals surface area contributed by atoms with Crippen LogP contribution in [0.4, 0.5) is 11.4 Å². The number of sulfonamides is 1. The molecule has 4 rings (SSSR count). The number of H-pyrrole nitrogens is 1. The molecule has 1 aromatic heterocycles. The number of hydrogen-bond acceptors (Lipinski definition) is 4. The fourth-order valence-electron chi connectivity index (χ4n) is 3.07. The average Bonchev–Trinajstić information content (AvgIpc) is 3.08. The van der Waals surface area contributed by atoms with Gasteiger partial charge >= 0.3 is 0 Å². The van der Waals surface area contributed by atoms with Crippen LogP contribution in [0.15, 0.2) is 92.0 Å². The Morgan fingerprint density at radius 2 is 1.64 bits per heavy atom. The Hall–Kier alpha value is -3.14. The van der Waals surface area contributed by atoms with Crippen molar-refractivity contribution in [2.45, 2.75) is 11.8 Å². The highest BCUT2D eigenvalue weighted by atomic mass is 79.9. The molecule has 7 nitrogen and oxygen atoms in total. The molecule has 1 heterocycles. The molecule has 0 amide bonds. The fraction of sp³-hybridized carbons (Fsp3) is 0.0435. The molecule has 2 N–H and O–H groups in total. The molecule has 0 radical (unpaired) electrons. The van der Waals surface area contributed by atoms with Gasteiger partial charge in [-0.1, -0.05) is 27.5 Å². The van der Waals surface area contributed by atoms with Crippen LogP contribution < -0.4 is 10.3 Å². The number of aromatic amines is 1. The van der Waals surface area contributed by atoms with Crippen molar-refractivity contribution in [1.82, 2.24) is 9.78 Å². The summed E-state index contributed by atoms with van der Waals surface area (Å²) >= 11 is 9.23. The number of nitrogens with one attached hydrogen (secondary N) is 2. The van der Waals surface area contributed by atoms with Crippen LogP contribution in [0.25, 0.3) is 5.69 Å². The van der Waals surface area contributed by atoms with Gasteiger partial charge in [0.2, 0.25) is 0 Å². The first kappa shape index (κ1) is 23.0. The second-order valence-electron chi connectivity index (χ2n) is 7.13. The summed E-state index contributed by atoms with van der Waals surface area (Å²) in [4.78, 5) is 17.2. The van der Waals surface area contributed by atoms with Crippen LogP contribution in [-0.2, 0) is 10.0 Å². The summed E-state index contributed by atoms with van der Waals surface area (Å²) in [6.45, 7) is 1.78. The van der Waals surface area contributed by atoms with E-state index in [0.29, 0.717) is 33.3 Å². The highest BCUT2D eigenvalue weighted by Crippen LogP contribution is 2.21. The molecule has 0 atom stereocenters. The molecule has 0 unspecified atom stereocenters.